The van der Waals surface area contributed by atoms with Crippen molar-refractivity contribution < 1.29 is 4.74 Å². The zero-order valence-corrected chi connectivity index (χ0v) is 11.3. The van der Waals surface area contributed by atoms with Crippen LogP contribution < -0.4 is 10.5 Å². The Balaban J connectivity index is 2.39. The smallest absolute Gasteiger partial charge is 0.119 e. The first kappa shape index (κ1) is 14.6. The molecule has 0 saturated heterocycles. The normalized spacial score (nSPS) is 10.0. The van der Waals surface area contributed by atoms with Crippen LogP contribution in [-0.4, -0.2) is 37.7 Å². The fourth-order valence-corrected chi connectivity index (χ4v) is 1.62. The van der Waals surface area contributed by atoms with Crippen molar-refractivity contribution in [3.63, 3.8) is 0 Å². The van der Waals surface area contributed by atoms with Gasteiger partial charge >= 0.3 is 0 Å². The van der Waals surface area contributed by atoms with Gasteiger partial charge in [-0.25, -0.2) is 0 Å². The summed E-state index contributed by atoms with van der Waals surface area (Å²) in [5.74, 6) is 6.70. The van der Waals surface area contributed by atoms with Gasteiger partial charge in [0.1, 0.15) is 12.4 Å². The first-order valence-corrected chi connectivity index (χ1v) is 6.44. The molecule has 3 nitrogen and oxygen atoms in total. The Morgan fingerprint density at radius 3 is 2.39 bits per heavy atom. The number of ether oxygens (including phenoxy) is 1. The standard InChI is InChI=1S/C15H22N2O/c1-3-17(4-2)12-13-18-15-9-7-14(8-10-15)6-5-11-16/h7-10H,3-4,11-13,16H2,1-2H3. The molecule has 0 heterocycles. The summed E-state index contributed by atoms with van der Waals surface area (Å²) >= 11 is 0. The SMILES string of the molecule is CCN(CC)CCOc1ccc(C#CCN)cc1. The van der Waals surface area contributed by atoms with E-state index < -0.39 is 0 Å². The molecule has 0 aliphatic rings. The summed E-state index contributed by atoms with van der Waals surface area (Å²) in [6.45, 7) is 8.52. The van der Waals surface area contributed by atoms with Crippen molar-refractivity contribution in [2.45, 2.75) is 13.8 Å². The van der Waals surface area contributed by atoms with E-state index in [1.807, 2.05) is 24.3 Å². The van der Waals surface area contributed by atoms with Crippen LogP contribution in [-0.2, 0) is 0 Å². The summed E-state index contributed by atoms with van der Waals surface area (Å²) in [6.07, 6.45) is 0. The average Bonchev–Trinajstić information content (AvgIpc) is 2.42. The van der Waals surface area contributed by atoms with Gasteiger partial charge in [0.25, 0.3) is 0 Å². The summed E-state index contributed by atoms with van der Waals surface area (Å²) in [5.41, 5.74) is 6.29. The molecule has 0 spiro atoms. The topological polar surface area (TPSA) is 38.5 Å². The van der Waals surface area contributed by atoms with Crippen LogP contribution in [0.4, 0.5) is 0 Å². The van der Waals surface area contributed by atoms with Crippen LogP contribution in [0.5, 0.6) is 5.75 Å². The minimum atomic E-state index is 0.391. The van der Waals surface area contributed by atoms with Crippen LogP contribution in [0.1, 0.15) is 19.4 Å². The fraction of sp³-hybridized carbons (Fsp3) is 0.467. The lowest BCUT2D eigenvalue weighted by Gasteiger charge is -2.17. The summed E-state index contributed by atoms with van der Waals surface area (Å²) < 4.78 is 5.69. The maximum Gasteiger partial charge on any atom is 0.119 e. The zero-order chi connectivity index (χ0) is 13.2. The predicted octanol–water partition coefficient (Wildman–Crippen LogP) is 1.72. The second kappa shape index (κ2) is 8.57. The third kappa shape index (κ3) is 5.22. The van der Waals surface area contributed by atoms with E-state index in [2.05, 4.69) is 30.6 Å². The van der Waals surface area contributed by atoms with Gasteiger partial charge in [-0.1, -0.05) is 25.7 Å². The van der Waals surface area contributed by atoms with E-state index in [4.69, 9.17) is 10.5 Å². The second-order valence-corrected chi connectivity index (χ2v) is 3.91. The highest BCUT2D eigenvalue weighted by Crippen LogP contribution is 2.11. The second-order valence-electron chi connectivity index (χ2n) is 3.91. The maximum atomic E-state index is 5.69. The molecule has 0 radical (unpaired) electrons. The highest BCUT2D eigenvalue weighted by molar-refractivity contribution is 5.38. The molecule has 3 heteroatoms. The minimum Gasteiger partial charge on any atom is -0.492 e. The maximum absolute atomic E-state index is 5.69. The predicted molar refractivity (Wildman–Crippen MR) is 75.7 cm³/mol. The van der Waals surface area contributed by atoms with Gasteiger partial charge in [-0.2, -0.15) is 0 Å². The molecule has 1 aromatic carbocycles. The number of likely N-dealkylation sites (N-methyl/N-ethyl adjacent to an activating group) is 1. The van der Waals surface area contributed by atoms with E-state index in [0.717, 1.165) is 37.6 Å². The summed E-state index contributed by atoms with van der Waals surface area (Å²) in [7, 11) is 0. The van der Waals surface area contributed by atoms with E-state index in [9.17, 15) is 0 Å². The van der Waals surface area contributed by atoms with Crippen molar-refractivity contribution in [3.8, 4) is 17.6 Å². The molecule has 0 aromatic heterocycles. The molecule has 1 aromatic rings. The highest BCUT2D eigenvalue weighted by atomic mass is 16.5. The van der Waals surface area contributed by atoms with Crippen LogP contribution in [0.15, 0.2) is 24.3 Å². The van der Waals surface area contributed by atoms with Gasteiger partial charge in [0.05, 0.1) is 6.54 Å². The van der Waals surface area contributed by atoms with Gasteiger partial charge in [-0.05, 0) is 37.4 Å². The Morgan fingerprint density at radius 2 is 1.83 bits per heavy atom. The number of rotatable bonds is 6. The average molecular weight is 246 g/mol. The lowest BCUT2D eigenvalue weighted by atomic mass is 10.2. The lowest BCUT2D eigenvalue weighted by molar-refractivity contribution is 0.223. The number of nitrogens with zero attached hydrogens (tertiary/aromatic N) is 1. The molecule has 0 atom stereocenters. The summed E-state index contributed by atoms with van der Waals surface area (Å²) in [6, 6.07) is 7.80. The van der Waals surface area contributed by atoms with E-state index in [0.29, 0.717) is 6.54 Å². The Kier molecular flexibility index (Phi) is 6.93. The number of hydrogen-bond acceptors (Lipinski definition) is 3. The van der Waals surface area contributed by atoms with Gasteiger partial charge in [0.2, 0.25) is 0 Å². The monoisotopic (exact) mass is 246 g/mol. The molecule has 0 saturated carbocycles. The molecule has 0 aliphatic heterocycles. The Morgan fingerprint density at radius 1 is 1.17 bits per heavy atom. The van der Waals surface area contributed by atoms with Gasteiger partial charge in [-0.3, -0.25) is 0 Å². The lowest BCUT2D eigenvalue weighted by Crippen LogP contribution is -2.27. The molecule has 2 N–H and O–H groups in total. The van der Waals surface area contributed by atoms with E-state index in [1.54, 1.807) is 0 Å². The van der Waals surface area contributed by atoms with Crippen LogP contribution in [0, 0.1) is 11.8 Å². The van der Waals surface area contributed by atoms with E-state index >= 15 is 0 Å². The van der Waals surface area contributed by atoms with Crippen LogP contribution in [0.25, 0.3) is 0 Å². The van der Waals surface area contributed by atoms with Crippen LogP contribution in [0.2, 0.25) is 0 Å². The fourth-order valence-electron chi connectivity index (χ4n) is 1.62. The zero-order valence-electron chi connectivity index (χ0n) is 11.3. The molecular weight excluding hydrogens is 224 g/mol. The van der Waals surface area contributed by atoms with Crippen molar-refractivity contribution in [1.82, 2.24) is 4.90 Å². The molecule has 0 unspecified atom stereocenters. The van der Waals surface area contributed by atoms with Gasteiger partial charge in [0.15, 0.2) is 0 Å². The molecule has 0 fully saturated rings. The minimum absolute atomic E-state index is 0.391. The number of nitrogens with two attached hydrogens (primary N) is 1. The first-order valence-electron chi connectivity index (χ1n) is 6.44. The van der Waals surface area contributed by atoms with Crippen LogP contribution in [0.3, 0.4) is 0 Å². The number of hydrogen-bond donors (Lipinski definition) is 1. The van der Waals surface area contributed by atoms with Crippen molar-refractivity contribution in [2.75, 3.05) is 32.8 Å². The summed E-state index contributed by atoms with van der Waals surface area (Å²) in [4.78, 5) is 2.33. The van der Waals surface area contributed by atoms with Crippen molar-refractivity contribution >= 4 is 0 Å². The molecular formula is C15H22N2O. The third-order valence-corrected chi connectivity index (χ3v) is 2.76. The Labute approximate surface area is 110 Å². The molecule has 0 bridgehead atoms. The highest BCUT2D eigenvalue weighted by Gasteiger charge is 1.99. The van der Waals surface area contributed by atoms with Crippen LogP contribution >= 0.6 is 0 Å². The number of benzene rings is 1. The summed E-state index contributed by atoms with van der Waals surface area (Å²) in [5, 5.41) is 0. The largest absolute Gasteiger partial charge is 0.492 e. The van der Waals surface area contributed by atoms with E-state index in [-0.39, 0.29) is 0 Å². The Bertz CT molecular complexity index is 385. The van der Waals surface area contributed by atoms with Crippen molar-refractivity contribution in [3.05, 3.63) is 29.8 Å². The van der Waals surface area contributed by atoms with Gasteiger partial charge < -0.3 is 15.4 Å². The first-order chi connectivity index (χ1) is 8.80. The van der Waals surface area contributed by atoms with Gasteiger partial charge in [-0.15, -0.1) is 0 Å². The van der Waals surface area contributed by atoms with Crippen molar-refractivity contribution in [2.24, 2.45) is 5.73 Å². The molecule has 1 rings (SSSR count). The molecule has 0 aliphatic carbocycles. The molecule has 0 amide bonds. The van der Waals surface area contributed by atoms with Crippen molar-refractivity contribution in [1.29, 1.82) is 0 Å². The molecule has 98 valence electrons. The third-order valence-electron chi connectivity index (χ3n) is 2.76. The Hall–Kier alpha value is -1.50. The van der Waals surface area contributed by atoms with Gasteiger partial charge in [0, 0.05) is 12.1 Å². The quantitative estimate of drug-likeness (QED) is 0.777. The molecule has 18 heavy (non-hydrogen) atoms. The van der Waals surface area contributed by atoms with E-state index in [1.165, 1.54) is 0 Å².